The van der Waals surface area contributed by atoms with Gasteiger partial charge in [0.1, 0.15) is 76.8 Å². The van der Waals surface area contributed by atoms with Gasteiger partial charge in [0.15, 0.2) is 45.8 Å². The Balaban J connectivity index is 0.000000283. The van der Waals surface area contributed by atoms with Gasteiger partial charge in [-0.15, -0.1) is 46.4 Å². The lowest BCUT2D eigenvalue weighted by atomic mass is 9.91. The largest absolute Gasteiger partial charge is 0.472 e. The van der Waals surface area contributed by atoms with Crippen molar-refractivity contribution < 1.29 is 115 Å². The van der Waals surface area contributed by atoms with Crippen LogP contribution in [0.3, 0.4) is 0 Å². The predicted molar refractivity (Wildman–Crippen MR) is 548 cm³/mol. The smallest absolute Gasteiger partial charge is 0.270 e. The number of carbonyl (C=O) groups excluding carboxylic acids is 10. The summed E-state index contributed by atoms with van der Waals surface area (Å²) in [6.07, 6.45) is -3.58. The molecule has 828 valence electrons. The Bertz CT molecular complexity index is 5040. The summed E-state index contributed by atoms with van der Waals surface area (Å²) in [5, 5.41) is 58.9. The normalized spacial score (nSPS) is 17.2. The van der Waals surface area contributed by atoms with E-state index < -0.39 is 129 Å². The highest BCUT2D eigenvalue weighted by molar-refractivity contribution is 7.00. The molecule has 5 fully saturated rings. The van der Waals surface area contributed by atoms with Crippen LogP contribution in [0, 0.1) is 24.5 Å². The van der Waals surface area contributed by atoms with E-state index in [-0.39, 0.29) is 88.8 Å². The number of piperazine rings is 1. The molecule has 148 heavy (non-hydrogen) atoms. The van der Waals surface area contributed by atoms with E-state index in [2.05, 4.69) is 96.2 Å². The zero-order valence-corrected chi connectivity index (χ0v) is 91.3. The number of Topliss-reactive ketones (excluding diaryl/α,β-unsaturated/α-hetero) is 10. The van der Waals surface area contributed by atoms with Crippen molar-refractivity contribution in [2.75, 3.05) is 254 Å². The molecule has 8 unspecified atom stereocenters. The molecule has 0 radical (unpaired) electrons. The van der Waals surface area contributed by atoms with Crippen LogP contribution in [-0.4, -0.2) is 427 Å². The van der Waals surface area contributed by atoms with Crippen LogP contribution in [0.4, 0.5) is 29.1 Å². The van der Waals surface area contributed by atoms with E-state index in [1.165, 1.54) is 55.4 Å². The van der Waals surface area contributed by atoms with Crippen molar-refractivity contribution in [2.24, 2.45) is 25.9 Å². The second-order valence-electron chi connectivity index (χ2n) is 39.1. The average molecular weight is 2190 g/mol. The first-order valence-electron chi connectivity index (χ1n) is 47.8. The van der Waals surface area contributed by atoms with Crippen LogP contribution in [0.2, 0.25) is 0 Å². The van der Waals surface area contributed by atoms with Gasteiger partial charge in [0.25, 0.3) is 29.4 Å². The number of aliphatic hydroxyl groups is 3. The predicted octanol–water partition coefficient (Wildman–Crippen LogP) is 2.06. The zero-order valence-electron chi connectivity index (χ0n) is 87.2. The van der Waals surface area contributed by atoms with Gasteiger partial charge in [-0.1, -0.05) is 17.3 Å². The lowest BCUT2D eigenvalue weighted by Crippen LogP contribution is -2.52. The van der Waals surface area contributed by atoms with Crippen molar-refractivity contribution in [3.63, 3.8) is 0 Å². The van der Waals surface area contributed by atoms with Gasteiger partial charge in [0.2, 0.25) is 68.8 Å². The molecule has 5 aliphatic rings. The number of hydrogen-bond donors (Lipinski definition) is 8. The van der Waals surface area contributed by atoms with Crippen LogP contribution < -0.4 is 74.8 Å². The highest BCUT2D eigenvalue weighted by Crippen LogP contribution is 2.33. The maximum Gasteiger partial charge on any atom is 0.270 e. The van der Waals surface area contributed by atoms with Gasteiger partial charge in [-0.05, 0) is 140 Å². The number of morpholine rings is 4. The topological polar surface area (TPSA) is 689 Å². The number of nitrogens with one attached hydrogen (secondary N) is 5. The third-order valence-corrected chi connectivity index (χ3v) is 25.4. The molecule has 0 saturated carbocycles. The molecule has 5 saturated heterocycles. The number of nitroso groups, excluding NO2 is 5. The minimum Gasteiger partial charge on any atom is -0.472 e. The van der Waals surface area contributed by atoms with Gasteiger partial charge >= 0.3 is 0 Å². The molecule has 0 aromatic carbocycles. The molecule has 0 amide bonds. The van der Waals surface area contributed by atoms with E-state index in [1.807, 2.05) is 91.7 Å². The van der Waals surface area contributed by atoms with Crippen molar-refractivity contribution >= 4 is 146 Å². The maximum absolute atomic E-state index is 12.6. The second-order valence-corrected chi connectivity index (χ2v) is 41.8. The Morgan fingerprint density at radius 1 is 0.345 bits per heavy atom. The molecule has 8 atom stereocenters. The van der Waals surface area contributed by atoms with E-state index in [1.54, 1.807) is 6.92 Å². The molecule has 8 N–H and O–H groups in total. The first kappa shape index (κ1) is 127. The fraction of sp³-hybridized carbons (Fsp3) is 0.773. The SMILES string of the molecule is CC(=O)C(C)(N=O)C(=O)CN1CCN(c2nsnc2OCC(O)CNC(C)(C)C)CC1.CC(=O)C(C)(N=O)C(=O)CNCC(O)COc1nsnc1N1CCOCC1.CC(C)(C)NCC(COc1nsnc1N1CCOCC1)OCC(=O)C(=O)C(C)(C)N=O.CC(C)(N=O)C(=O)C(=O)CNCC(O)COc1nsnc1N1CCOCC1.CCC(=O)C(C)(N=O)C(=O)COC(CNC(C)(C)C)COc1nsnc1N1CCOCC1. The number of nitrogens with zero attached hydrogens (tertiary/aromatic N) is 21. The van der Waals surface area contributed by atoms with Gasteiger partial charge in [-0.3, -0.25) is 52.8 Å². The van der Waals surface area contributed by atoms with Crippen molar-refractivity contribution in [2.45, 2.75) is 213 Å². The number of aliphatic hydroxyl groups excluding tert-OH is 3. The summed E-state index contributed by atoms with van der Waals surface area (Å²) in [6, 6.07) is 0. The molecule has 5 aromatic rings. The Labute approximate surface area is 878 Å². The van der Waals surface area contributed by atoms with Crippen LogP contribution in [0.1, 0.15) is 138 Å². The fourth-order valence-corrected chi connectivity index (χ4v) is 15.7. The Morgan fingerprint density at radius 3 is 0.946 bits per heavy atom. The lowest BCUT2D eigenvalue weighted by Gasteiger charge is -2.35. The van der Waals surface area contributed by atoms with Crippen LogP contribution in [0.25, 0.3) is 0 Å². The molecule has 10 heterocycles. The summed E-state index contributed by atoms with van der Waals surface area (Å²) in [4.78, 5) is 186. The van der Waals surface area contributed by atoms with E-state index >= 15 is 0 Å². The summed E-state index contributed by atoms with van der Waals surface area (Å²) in [6.45, 7) is 43.4. The van der Waals surface area contributed by atoms with E-state index in [9.17, 15) is 87.8 Å². The highest BCUT2D eigenvalue weighted by Gasteiger charge is 2.45. The van der Waals surface area contributed by atoms with Crippen LogP contribution in [0.15, 0.2) is 25.9 Å². The first-order chi connectivity index (χ1) is 69.8. The molecule has 5 aromatic heterocycles. The number of anilines is 5. The molecule has 5 aliphatic heterocycles. The van der Waals surface area contributed by atoms with E-state index in [0.29, 0.717) is 210 Å². The molecular formula is C88H142N26O29S5. The van der Waals surface area contributed by atoms with Crippen LogP contribution in [0.5, 0.6) is 29.4 Å². The Morgan fingerprint density at radius 2 is 0.635 bits per heavy atom. The third-order valence-electron chi connectivity index (χ3n) is 22.8. The monoisotopic (exact) mass is 2190 g/mol. The van der Waals surface area contributed by atoms with Crippen LogP contribution >= 0.6 is 58.6 Å². The highest BCUT2D eigenvalue weighted by atomic mass is 32.1. The lowest BCUT2D eigenvalue weighted by molar-refractivity contribution is -0.143. The second kappa shape index (κ2) is 61.4. The minimum atomic E-state index is -1.94. The number of hydrogen-bond acceptors (Lipinski definition) is 60. The van der Waals surface area contributed by atoms with Gasteiger partial charge in [-0.25, -0.2) is 0 Å². The van der Waals surface area contributed by atoms with Crippen molar-refractivity contribution in [1.82, 2.24) is 75.2 Å². The number of β-amino-alcohol motifs (C(OH)–C–C–N with tert-alkyl or cyclic N) is 1. The van der Waals surface area contributed by atoms with Gasteiger partial charge in [0, 0.05) is 134 Å². The third kappa shape index (κ3) is 41.6. The van der Waals surface area contributed by atoms with Crippen molar-refractivity contribution in [1.29, 1.82) is 0 Å². The molecule has 0 spiro atoms. The van der Waals surface area contributed by atoms with Crippen molar-refractivity contribution in [3.8, 4) is 29.4 Å². The standard InChI is InChI=1S/C20H33N5O6S.C19H32N6O5S.C19H31N5O6S.2C15H23N5O6S/c1-6-15(26)20(5,24-28)16(27)13-30-14(11-21-19(2,3)4)12-31-18-17(22-32-23-18)25-7-9-29-10-8-25;1-13(26)19(5,23-29)15(28)11-24-6-8-25(9-7-24)16-17(22-31-21-16)30-12-14(27)10-20-18(2,3)4;1-18(2,3)20-10-13(29-12-14(25)15(26)19(4,5)23-27)11-30-17-16(21-31-22-17)24-6-8-28-9-7-24;1-15(2,19-24)12(23)11(22)8-16-7-10(21)9-26-14-13(17-27-18-14)20-3-5-25-6-4-20;1-10(21)15(2,19-24)12(23)8-16-7-11(22)9-26-14-13(17-27-18-14)20-3-5-25-6-4-20/h14,21H,6-13H2,1-5H3;14,20,27H,6-12H2,1-5H3;13,20H,6-12H2,1-5H3;10,16,21H,3-9H2,1-2H3;11,16,22H,3-9H2,1-2H3. The molecule has 55 nitrogen and oxygen atoms in total. The van der Waals surface area contributed by atoms with E-state index in [4.69, 9.17) is 52.1 Å². The molecular weight excluding hydrogens is 2050 g/mol. The van der Waals surface area contributed by atoms with E-state index in [0.717, 1.165) is 65.6 Å². The number of ketones is 10. The summed E-state index contributed by atoms with van der Waals surface area (Å²) in [7, 11) is 0. The minimum absolute atomic E-state index is 0.0126. The van der Waals surface area contributed by atoms with Crippen LogP contribution in [-0.2, 0) is 76.4 Å². The number of carbonyl (C=O) groups is 10. The van der Waals surface area contributed by atoms with Gasteiger partial charge in [-0.2, -0.15) is 21.9 Å². The zero-order chi connectivity index (χ0) is 110. The van der Waals surface area contributed by atoms with Crippen molar-refractivity contribution in [3.05, 3.63) is 24.5 Å². The molecule has 0 aliphatic carbocycles. The quantitative estimate of drug-likeness (QED) is 0.0157. The van der Waals surface area contributed by atoms with Gasteiger partial charge in [0.05, 0.1) is 131 Å². The summed E-state index contributed by atoms with van der Waals surface area (Å²) >= 11 is 5.18. The first-order valence-corrected chi connectivity index (χ1v) is 51.5. The molecule has 60 heteroatoms. The summed E-state index contributed by atoms with van der Waals surface area (Å²) in [5.41, 5.74) is -9.37. The average Bonchev–Trinajstić information content (AvgIpc) is 1.10. The number of ether oxygens (including phenoxy) is 11. The summed E-state index contributed by atoms with van der Waals surface area (Å²) < 4.78 is 103. The fourth-order valence-electron chi connectivity index (χ4n) is 13.1. The number of aromatic nitrogens is 10. The Kier molecular flexibility index (Phi) is 52.5. The number of rotatable bonds is 58. The molecule has 10 rings (SSSR count). The maximum atomic E-state index is 12.6. The summed E-state index contributed by atoms with van der Waals surface area (Å²) in [5.74, 6) is -1.90. The Hall–Kier alpha value is -10.1. The molecule has 0 bridgehead atoms. The van der Waals surface area contributed by atoms with Gasteiger partial charge < -0.3 is 119 Å².